The van der Waals surface area contributed by atoms with Crippen LogP contribution in [0.1, 0.15) is 32.3 Å². The molecule has 0 aromatic heterocycles. The first-order chi connectivity index (χ1) is 9.80. The molecule has 0 unspecified atom stereocenters. The Kier molecular flexibility index (Phi) is 4.79. The predicted octanol–water partition coefficient (Wildman–Crippen LogP) is 3.25. The summed E-state index contributed by atoms with van der Waals surface area (Å²) in [7, 11) is 0. The van der Waals surface area contributed by atoms with Crippen LogP contribution in [0.2, 0.25) is 5.02 Å². The molecule has 21 heavy (non-hydrogen) atoms. The predicted molar refractivity (Wildman–Crippen MR) is 84.5 cm³/mol. The van der Waals surface area contributed by atoms with Gasteiger partial charge in [0.15, 0.2) is 0 Å². The van der Waals surface area contributed by atoms with Gasteiger partial charge in [-0.2, -0.15) is 0 Å². The summed E-state index contributed by atoms with van der Waals surface area (Å²) in [5.74, 6) is 0.485. The third kappa shape index (κ3) is 4.11. The lowest BCUT2D eigenvalue weighted by atomic mass is 9.89. The van der Waals surface area contributed by atoms with Gasteiger partial charge in [0.1, 0.15) is 5.60 Å². The number of likely N-dealkylation sites (tertiary alicyclic amines) is 1. The number of nitrogens with zero attached hydrogens (tertiary/aromatic N) is 1. The standard InChI is InChI=1S/C16H23ClN2O2/c1-16(2,3)21-15(20)19-9-12(8-18)14(10-19)11-4-6-13(17)7-5-11/h4-7,12,14H,8-10,18H2,1-3H3/t12-,14+/m1/s1. The SMILES string of the molecule is CC(C)(C)OC(=O)N1C[C@@H](CN)[C@H](c2ccc(Cl)cc2)C1. The number of rotatable bonds is 2. The quantitative estimate of drug-likeness (QED) is 0.912. The van der Waals surface area contributed by atoms with Crippen LogP contribution in [-0.4, -0.2) is 36.2 Å². The van der Waals surface area contributed by atoms with E-state index in [1.807, 2.05) is 45.0 Å². The van der Waals surface area contributed by atoms with E-state index >= 15 is 0 Å². The highest BCUT2D eigenvalue weighted by molar-refractivity contribution is 6.30. The summed E-state index contributed by atoms with van der Waals surface area (Å²) >= 11 is 5.93. The number of carbonyl (C=O) groups is 1. The molecule has 1 saturated heterocycles. The second kappa shape index (κ2) is 6.24. The first kappa shape index (κ1) is 16.1. The molecule has 0 radical (unpaired) electrons. The Morgan fingerprint density at radius 2 is 1.95 bits per heavy atom. The van der Waals surface area contributed by atoms with Gasteiger partial charge in [-0.1, -0.05) is 23.7 Å². The van der Waals surface area contributed by atoms with E-state index in [1.54, 1.807) is 4.90 Å². The van der Waals surface area contributed by atoms with Crippen LogP contribution in [0.15, 0.2) is 24.3 Å². The van der Waals surface area contributed by atoms with Crippen molar-refractivity contribution in [1.29, 1.82) is 0 Å². The summed E-state index contributed by atoms with van der Waals surface area (Å²) in [4.78, 5) is 13.9. The van der Waals surface area contributed by atoms with E-state index in [4.69, 9.17) is 22.1 Å². The highest BCUT2D eigenvalue weighted by atomic mass is 35.5. The fraction of sp³-hybridized carbons (Fsp3) is 0.562. The van der Waals surface area contributed by atoms with Gasteiger partial charge in [0.25, 0.3) is 0 Å². The Morgan fingerprint density at radius 1 is 1.33 bits per heavy atom. The van der Waals surface area contributed by atoms with Crippen LogP contribution >= 0.6 is 11.6 Å². The molecule has 0 bridgehead atoms. The number of halogens is 1. The van der Waals surface area contributed by atoms with Gasteiger partial charge in [0.2, 0.25) is 0 Å². The number of benzene rings is 1. The van der Waals surface area contributed by atoms with Crippen LogP contribution in [0, 0.1) is 5.92 Å². The van der Waals surface area contributed by atoms with Crippen molar-refractivity contribution >= 4 is 17.7 Å². The number of hydrogen-bond acceptors (Lipinski definition) is 3. The summed E-state index contributed by atoms with van der Waals surface area (Å²) in [5, 5.41) is 0.713. The number of amides is 1. The van der Waals surface area contributed by atoms with Gasteiger partial charge in [-0.3, -0.25) is 0 Å². The number of hydrogen-bond donors (Lipinski definition) is 1. The lowest BCUT2D eigenvalue weighted by molar-refractivity contribution is 0.0287. The van der Waals surface area contributed by atoms with E-state index in [9.17, 15) is 4.79 Å². The van der Waals surface area contributed by atoms with Gasteiger partial charge in [-0.25, -0.2) is 4.79 Å². The van der Waals surface area contributed by atoms with Gasteiger partial charge in [0.05, 0.1) is 0 Å². The summed E-state index contributed by atoms with van der Waals surface area (Å²) < 4.78 is 5.44. The summed E-state index contributed by atoms with van der Waals surface area (Å²) in [6, 6.07) is 7.77. The van der Waals surface area contributed by atoms with Crippen molar-refractivity contribution in [2.75, 3.05) is 19.6 Å². The van der Waals surface area contributed by atoms with Crippen molar-refractivity contribution in [2.45, 2.75) is 32.3 Å². The molecule has 2 rings (SSSR count). The van der Waals surface area contributed by atoms with E-state index in [-0.39, 0.29) is 17.9 Å². The third-order valence-corrected chi connectivity index (χ3v) is 3.95. The van der Waals surface area contributed by atoms with Gasteiger partial charge in [0, 0.05) is 24.0 Å². The molecule has 1 amide bonds. The largest absolute Gasteiger partial charge is 0.444 e. The van der Waals surface area contributed by atoms with Gasteiger partial charge in [-0.15, -0.1) is 0 Å². The molecule has 116 valence electrons. The fourth-order valence-electron chi connectivity index (χ4n) is 2.67. The summed E-state index contributed by atoms with van der Waals surface area (Å²) in [6.45, 7) is 7.44. The molecule has 1 aromatic carbocycles. The molecule has 4 nitrogen and oxygen atoms in total. The van der Waals surface area contributed by atoms with Crippen molar-refractivity contribution in [3.05, 3.63) is 34.9 Å². The molecular formula is C16H23ClN2O2. The van der Waals surface area contributed by atoms with Crippen molar-refractivity contribution in [3.8, 4) is 0 Å². The van der Waals surface area contributed by atoms with Gasteiger partial charge < -0.3 is 15.4 Å². The van der Waals surface area contributed by atoms with Crippen LogP contribution in [0.25, 0.3) is 0 Å². The van der Waals surface area contributed by atoms with Crippen LogP contribution in [0.4, 0.5) is 4.79 Å². The van der Waals surface area contributed by atoms with Crippen LogP contribution in [0.5, 0.6) is 0 Å². The maximum absolute atomic E-state index is 12.2. The minimum atomic E-state index is -0.479. The highest BCUT2D eigenvalue weighted by Gasteiger charge is 2.37. The summed E-state index contributed by atoms with van der Waals surface area (Å²) in [6.07, 6.45) is -0.266. The van der Waals surface area contributed by atoms with Crippen LogP contribution in [-0.2, 0) is 4.74 Å². The van der Waals surface area contributed by atoms with Gasteiger partial charge in [-0.05, 0) is 50.9 Å². The molecule has 0 aliphatic carbocycles. The Morgan fingerprint density at radius 3 is 2.48 bits per heavy atom. The van der Waals surface area contributed by atoms with Crippen LogP contribution < -0.4 is 5.73 Å². The maximum Gasteiger partial charge on any atom is 0.410 e. The third-order valence-electron chi connectivity index (χ3n) is 3.69. The van der Waals surface area contributed by atoms with E-state index in [0.29, 0.717) is 24.7 Å². The van der Waals surface area contributed by atoms with E-state index in [1.165, 1.54) is 5.56 Å². The average molecular weight is 311 g/mol. The number of carbonyl (C=O) groups excluding carboxylic acids is 1. The maximum atomic E-state index is 12.2. The van der Waals surface area contributed by atoms with Gasteiger partial charge >= 0.3 is 6.09 Å². The molecule has 1 aliphatic rings. The van der Waals surface area contributed by atoms with E-state index < -0.39 is 5.60 Å². The van der Waals surface area contributed by atoms with Crippen molar-refractivity contribution in [1.82, 2.24) is 4.90 Å². The Bertz CT molecular complexity index is 496. The molecule has 0 spiro atoms. The van der Waals surface area contributed by atoms with E-state index in [2.05, 4.69) is 0 Å². The molecular weight excluding hydrogens is 288 g/mol. The van der Waals surface area contributed by atoms with Crippen LogP contribution in [0.3, 0.4) is 0 Å². The molecule has 5 heteroatoms. The lowest BCUT2D eigenvalue weighted by Gasteiger charge is -2.24. The zero-order valence-corrected chi connectivity index (χ0v) is 13.6. The van der Waals surface area contributed by atoms with Crippen molar-refractivity contribution in [3.63, 3.8) is 0 Å². The highest BCUT2D eigenvalue weighted by Crippen LogP contribution is 2.33. The number of ether oxygens (including phenoxy) is 1. The van der Waals surface area contributed by atoms with Crippen molar-refractivity contribution in [2.24, 2.45) is 11.7 Å². The molecule has 1 heterocycles. The molecule has 1 aromatic rings. The smallest absolute Gasteiger partial charge is 0.410 e. The number of nitrogens with two attached hydrogens (primary N) is 1. The Hall–Kier alpha value is -1.26. The fourth-order valence-corrected chi connectivity index (χ4v) is 2.80. The average Bonchev–Trinajstić information content (AvgIpc) is 2.82. The Labute approximate surface area is 131 Å². The molecule has 2 N–H and O–H groups in total. The van der Waals surface area contributed by atoms with Crippen molar-refractivity contribution < 1.29 is 9.53 Å². The Balaban J connectivity index is 2.10. The monoisotopic (exact) mass is 310 g/mol. The molecule has 1 fully saturated rings. The molecule has 1 aliphatic heterocycles. The zero-order valence-electron chi connectivity index (χ0n) is 12.8. The minimum Gasteiger partial charge on any atom is -0.444 e. The molecule has 0 saturated carbocycles. The minimum absolute atomic E-state index is 0.236. The first-order valence-electron chi connectivity index (χ1n) is 7.23. The summed E-state index contributed by atoms with van der Waals surface area (Å²) in [5.41, 5.74) is 6.57. The first-order valence-corrected chi connectivity index (χ1v) is 7.61. The second-order valence-corrected chi connectivity index (χ2v) is 6.98. The van der Waals surface area contributed by atoms with E-state index in [0.717, 1.165) is 0 Å². The normalized spacial score (nSPS) is 22.4. The molecule has 2 atom stereocenters. The lowest BCUT2D eigenvalue weighted by Crippen LogP contribution is -2.35. The zero-order chi connectivity index (χ0) is 15.6. The topological polar surface area (TPSA) is 55.6 Å². The second-order valence-electron chi connectivity index (χ2n) is 6.54.